The molecule has 25 heavy (non-hydrogen) atoms. The van der Waals surface area contributed by atoms with Gasteiger partial charge in [0, 0.05) is 18.4 Å². The van der Waals surface area contributed by atoms with Crippen LogP contribution in [0, 0.1) is 6.92 Å². The Labute approximate surface area is 151 Å². The summed E-state index contributed by atoms with van der Waals surface area (Å²) in [4.78, 5) is 11.6. The zero-order chi connectivity index (χ0) is 17.8. The van der Waals surface area contributed by atoms with Gasteiger partial charge in [-0.05, 0) is 30.2 Å². The molecule has 0 fully saturated rings. The summed E-state index contributed by atoms with van der Waals surface area (Å²) in [5.74, 6) is 1.22. The number of carbonyl (C=O) groups excluding carboxylic acids is 1. The number of hydrogen-bond acceptors (Lipinski definition) is 5. The minimum Gasteiger partial charge on any atom is -0.465 e. The van der Waals surface area contributed by atoms with Crippen LogP contribution in [-0.2, 0) is 17.5 Å². The highest BCUT2D eigenvalue weighted by Crippen LogP contribution is 2.27. The molecule has 0 saturated heterocycles. The Hall–Kier alpha value is -2.60. The van der Waals surface area contributed by atoms with Crippen LogP contribution in [0.5, 0.6) is 0 Å². The summed E-state index contributed by atoms with van der Waals surface area (Å²) in [5, 5.41) is 9.48. The van der Waals surface area contributed by atoms with E-state index in [1.54, 1.807) is 17.8 Å². The summed E-state index contributed by atoms with van der Waals surface area (Å²) in [6.07, 6.45) is 0. The molecule has 0 radical (unpaired) electrons. The number of hydrogen-bond donors (Lipinski definition) is 0. The fourth-order valence-corrected chi connectivity index (χ4v) is 3.41. The lowest BCUT2D eigenvalue weighted by Gasteiger charge is -2.07. The zero-order valence-corrected chi connectivity index (χ0v) is 15.2. The van der Waals surface area contributed by atoms with E-state index in [1.165, 1.54) is 12.7 Å². The van der Waals surface area contributed by atoms with E-state index >= 15 is 0 Å². The first-order chi connectivity index (χ1) is 12.1. The molecule has 0 aliphatic heterocycles. The van der Waals surface area contributed by atoms with E-state index in [2.05, 4.69) is 23.2 Å². The number of aryl methyl sites for hydroxylation is 1. The van der Waals surface area contributed by atoms with Crippen molar-refractivity contribution < 1.29 is 9.53 Å². The van der Waals surface area contributed by atoms with Crippen LogP contribution in [0.15, 0.2) is 53.7 Å². The fourth-order valence-electron chi connectivity index (χ4n) is 2.55. The summed E-state index contributed by atoms with van der Waals surface area (Å²) in [6, 6.07) is 15.6. The van der Waals surface area contributed by atoms with Crippen molar-refractivity contribution >= 4 is 17.7 Å². The molecular weight excluding hydrogens is 334 g/mol. The molecule has 0 N–H and O–H groups in total. The molecule has 0 saturated carbocycles. The van der Waals surface area contributed by atoms with Crippen LogP contribution in [0.1, 0.15) is 21.5 Å². The lowest BCUT2D eigenvalue weighted by molar-refractivity contribution is 0.0600. The van der Waals surface area contributed by atoms with Gasteiger partial charge in [-0.2, -0.15) is 0 Å². The van der Waals surface area contributed by atoms with Crippen LogP contribution in [0.2, 0.25) is 0 Å². The molecule has 0 bridgehead atoms. The Balaban J connectivity index is 1.77. The first-order valence-electron chi connectivity index (χ1n) is 7.85. The number of esters is 1. The maximum absolute atomic E-state index is 11.6. The van der Waals surface area contributed by atoms with Gasteiger partial charge >= 0.3 is 5.97 Å². The van der Waals surface area contributed by atoms with Crippen LogP contribution < -0.4 is 0 Å². The summed E-state index contributed by atoms with van der Waals surface area (Å²) >= 11 is 1.59. The van der Waals surface area contributed by atoms with Gasteiger partial charge in [0.2, 0.25) is 0 Å². The van der Waals surface area contributed by atoms with Crippen LogP contribution in [-0.4, -0.2) is 27.8 Å². The van der Waals surface area contributed by atoms with E-state index in [4.69, 9.17) is 4.74 Å². The summed E-state index contributed by atoms with van der Waals surface area (Å²) in [7, 11) is 3.35. The summed E-state index contributed by atoms with van der Waals surface area (Å²) in [6.45, 7) is 2.06. The molecule has 0 atom stereocenters. The van der Waals surface area contributed by atoms with Gasteiger partial charge in [-0.1, -0.05) is 48.2 Å². The second-order valence-corrected chi connectivity index (χ2v) is 6.60. The lowest BCUT2D eigenvalue weighted by atomic mass is 10.1. The van der Waals surface area contributed by atoms with Gasteiger partial charge in [-0.25, -0.2) is 4.79 Å². The van der Waals surface area contributed by atoms with Gasteiger partial charge in [0.25, 0.3) is 0 Å². The zero-order valence-electron chi connectivity index (χ0n) is 14.4. The van der Waals surface area contributed by atoms with Crippen molar-refractivity contribution in [3.8, 4) is 11.4 Å². The number of aromatic nitrogens is 3. The minimum absolute atomic E-state index is 0.327. The van der Waals surface area contributed by atoms with Crippen molar-refractivity contribution in [1.82, 2.24) is 14.8 Å². The quantitative estimate of drug-likeness (QED) is 0.515. The highest BCUT2D eigenvalue weighted by Gasteiger charge is 2.13. The molecule has 128 valence electrons. The maximum Gasteiger partial charge on any atom is 0.337 e. The Morgan fingerprint density at radius 1 is 1.16 bits per heavy atom. The third kappa shape index (κ3) is 3.74. The Morgan fingerprint density at radius 2 is 1.96 bits per heavy atom. The van der Waals surface area contributed by atoms with Crippen molar-refractivity contribution in [3.05, 3.63) is 65.2 Å². The Morgan fingerprint density at radius 3 is 2.72 bits per heavy atom. The number of methoxy groups -OCH3 is 1. The van der Waals surface area contributed by atoms with Crippen LogP contribution in [0.4, 0.5) is 0 Å². The molecule has 2 aromatic carbocycles. The highest BCUT2D eigenvalue weighted by molar-refractivity contribution is 7.98. The van der Waals surface area contributed by atoms with Gasteiger partial charge in [-0.15, -0.1) is 10.2 Å². The SMILES string of the molecule is COC(=O)c1cccc(CSc2nnc(-c3ccccc3C)n2C)c1. The molecular formula is C19H19N3O2S. The second-order valence-electron chi connectivity index (χ2n) is 5.66. The highest BCUT2D eigenvalue weighted by atomic mass is 32.2. The standard InChI is InChI=1S/C19H19N3O2S/c1-13-7-4-5-10-16(13)17-20-21-19(22(17)2)25-12-14-8-6-9-15(11-14)18(23)24-3/h4-11H,12H2,1-3H3. The molecule has 3 rings (SSSR count). The van der Waals surface area contributed by atoms with Crippen LogP contribution >= 0.6 is 11.8 Å². The van der Waals surface area contributed by atoms with Crippen molar-refractivity contribution in [2.24, 2.45) is 7.05 Å². The van der Waals surface area contributed by atoms with E-state index in [1.807, 2.05) is 48.0 Å². The average Bonchev–Trinajstić information content (AvgIpc) is 3.00. The van der Waals surface area contributed by atoms with E-state index < -0.39 is 0 Å². The van der Waals surface area contributed by atoms with E-state index in [9.17, 15) is 4.79 Å². The second kappa shape index (κ2) is 7.53. The monoisotopic (exact) mass is 353 g/mol. The number of nitrogens with zero attached hydrogens (tertiary/aromatic N) is 3. The van der Waals surface area contributed by atoms with Gasteiger partial charge in [-0.3, -0.25) is 0 Å². The molecule has 0 aliphatic rings. The van der Waals surface area contributed by atoms with Gasteiger partial charge in [0.05, 0.1) is 12.7 Å². The molecule has 0 amide bonds. The molecule has 1 aromatic heterocycles. The average molecular weight is 353 g/mol. The largest absolute Gasteiger partial charge is 0.465 e. The van der Waals surface area contributed by atoms with Crippen molar-refractivity contribution in [2.45, 2.75) is 17.8 Å². The predicted octanol–water partition coefficient (Wildman–Crippen LogP) is 3.87. The number of thioether (sulfide) groups is 1. The topological polar surface area (TPSA) is 57.0 Å². The van der Waals surface area contributed by atoms with E-state index in [-0.39, 0.29) is 5.97 Å². The molecule has 6 heteroatoms. The number of rotatable bonds is 5. The summed E-state index contributed by atoms with van der Waals surface area (Å²) < 4.78 is 6.76. The molecule has 0 spiro atoms. The smallest absolute Gasteiger partial charge is 0.337 e. The molecule has 3 aromatic rings. The third-order valence-corrected chi connectivity index (χ3v) is 5.03. The third-order valence-electron chi connectivity index (χ3n) is 3.94. The van der Waals surface area contributed by atoms with Gasteiger partial charge in [0.15, 0.2) is 11.0 Å². The van der Waals surface area contributed by atoms with Crippen molar-refractivity contribution in [3.63, 3.8) is 0 Å². The maximum atomic E-state index is 11.6. The number of carbonyl (C=O) groups is 1. The van der Waals surface area contributed by atoms with E-state index in [0.29, 0.717) is 11.3 Å². The normalized spacial score (nSPS) is 10.7. The molecule has 0 aliphatic carbocycles. The minimum atomic E-state index is -0.327. The fraction of sp³-hybridized carbons (Fsp3) is 0.211. The van der Waals surface area contributed by atoms with E-state index in [0.717, 1.165) is 22.1 Å². The Bertz CT molecular complexity index is 905. The van der Waals surface area contributed by atoms with Crippen LogP contribution in [0.3, 0.4) is 0 Å². The molecule has 1 heterocycles. The first-order valence-corrected chi connectivity index (χ1v) is 8.84. The lowest BCUT2D eigenvalue weighted by Crippen LogP contribution is -2.01. The predicted molar refractivity (Wildman–Crippen MR) is 98.5 cm³/mol. The molecule has 5 nitrogen and oxygen atoms in total. The first kappa shape index (κ1) is 17.2. The van der Waals surface area contributed by atoms with Crippen molar-refractivity contribution in [1.29, 1.82) is 0 Å². The number of benzene rings is 2. The van der Waals surface area contributed by atoms with Gasteiger partial charge < -0.3 is 9.30 Å². The summed E-state index contributed by atoms with van der Waals surface area (Å²) in [5.41, 5.74) is 3.84. The van der Waals surface area contributed by atoms with Crippen LogP contribution in [0.25, 0.3) is 11.4 Å². The Kier molecular flexibility index (Phi) is 5.19. The number of ether oxygens (including phenoxy) is 1. The molecule has 0 unspecified atom stereocenters. The van der Waals surface area contributed by atoms with Crippen molar-refractivity contribution in [2.75, 3.05) is 7.11 Å². The van der Waals surface area contributed by atoms with Gasteiger partial charge in [0.1, 0.15) is 0 Å².